The molecule has 18 heavy (non-hydrogen) atoms. The second kappa shape index (κ2) is 5.66. The van der Waals surface area contributed by atoms with Gasteiger partial charge in [-0.05, 0) is 27.7 Å². The first-order valence-electron chi connectivity index (χ1n) is 5.89. The Kier molecular flexibility index (Phi) is 4.47. The van der Waals surface area contributed by atoms with Crippen LogP contribution in [0.3, 0.4) is 0 Å². The first-order valence-corrected chi connectivity index (χ1v) is 5.89. The van der Waals surface area contributed by atoms with Crippen molar-refractivity contribution in [3.05, 3.63) is 11.9 Å². The van der Waals surface area contributed by atoms with Gasteiger partial charge in [-0.25, -0.2) is 9.97 Å². The van der Waals surface area contributed by atoms with E-state index in [0.717, 1.165) is 5.82 Å². The summed E-state index contributed by atoms with van der Waals surface area (Å²) >= 11 is 0. The van der Waals surface area contributed by atoms with Crippen molar-refractivity contribution in [1.29, 1.82) is 0 Å². The first-order chi connectivity index (χ1) is 8.31. The molecule has 100 valence electrons. The monoisotopic (exact) mass is 252 g/mol. The summed E-state index contributed by atoms with van der Waals surface area (Å²) in [5, 5.41) is 11.7. The molecular weight excluding hydrogens is 232 g/mol. The van der Waals surface area contributed by atoms with Crippen LogP contribution in [0.4, 0.5) is 11.6 Å². The highest BCUT2D eigenvalue weighted by molar-refractivity contribution is 5.76. The third kappa shape index (κ3) is 3.58. The highest BCUT2D eigenvalue weighted by atomic mass is 16.4. The Morgan fingerprint density at radius 3 is 2.50 bits per heavy atom. The van der Waals surface area contributed by atoms with Crippen LogP contribution >= 0.6 is 0 Å². The fourth-order valence-corrected chi connectivity index (χ4v) is 1.35. The summed E-state index contributed by atoms with van der Waals surface area (Å²) in [5.74, 6) is 1.00. The summed E-state index contributed by atoms with van der Waals surface area (Å²) in [6, 6.07) is 1.38. The van der Waals surface area contributed by atoms with Gasteiger partial charge in [-0.3, -0.25) is 4.79 Å². The Morgan fingerprint density at radius 2 is 2.00 bits per heavy atom. The lowest BCUT2D eigenvalue weighted by atomic mass is 10.3. The number of anilines is 2. The molecule has 0 fully saturated rings. The highest BCUT2D eigenvalue weighted by Crippen LogP contribution is 2.17. The largest absolute Gasteiger partial charge is 0.480 e. The standard InChI is InChI=1S/C12H20N4O2/c1-7(2)16(5)11-6-10(14-9(4)15-11)13-8(3)12(17)18/h6-8H,1-5H3,(H,17,18)(H,13,14,15). The molecule has 0 spiro atoms. The van der Waals surface area contributed by atoms with Gasteiger partial charge in [-0.1, -0.05) is 0 Å². The number of carboxylic acids is 1. The lowest BCUT2D eigenvalue weighted by Gasteiger charge is -2.23. The van der Waals surface area contributed by atoms with Crippen molar-refractivity contribution in [3.63, 3.8) is 0 Å². The molecule has 1 rings (SSSR count). The van der Waals surface area contributed by atoms with Gasteiger partial charge in [0.05, 0.1) is 0 Å². The smallest absolute Gasteiger partial charge is 0.325 e. The van der Waals surface area contributed by atoms with Crippen LogP contribution in [-0.2, 0) is 4.79 Å². The summed E-state index contributed by atoms with van der Waals surface area (Å²) in [7, 11) is 1.94. The second-order valence-corrected chi connectivity index (χ2v) is 4.57. The number of aromatic nitrogens is 2. The van der Waals surface area contributed by atoms with Crippen molar-refractivity contribution in [2.45, 2.75) is 39.8 Å². The van der Waals surface area contributed by atoms with E-state index in [-0.39, 0.29) is 0 Å². The maximum absolute atomic E-state index is 10.8. The normalized spacial score (nSPS) is 12.3. The van der Waals surface area contributed by atoms with E-state index in [2.05, 4.69) is 29.1 Å². The third-order valence-corrected chi connectivity index (χ3v) is 2.70. The highest BCUT2D eigenvalue weighted by Gasteiger charge is 2.14. The maximum Gasteiger partial charge on any atom is 0.325 e. The van der Waals surface area contributed by atoms with Crippen LogP contribution in [0.25, 0.3) is 0 Å². The summed E-state index contributed by atoms with van der Waals surface area (Å²) < 4.78 is 0. The summed E-state index contributed by atoms with van der Waals surface area (Å²) in [4.78, 5) is 21.3. The van der Waals surface area contributed by atoms with Gasteiger partial charge in [-0.15, -0.1) is 0 Å². The number of nitrogens with one attached hydrogen (secondary N) is 1. The molecule has 6 heteroatoms. The first kappa shape index (κ1) is 14.2. The number of nitrogens with zero attached hydrogens (tertiary/aromatic N) is 3. The zero-order valence-corrected chi connectivity index (χ0v) is 11.4. The van der Waals surface area contributed by atoms with E-state index in [1.165, 1.54) is 0 Å². The van der Waals surface area contributed by atoms with Crippen LogP contribution in [0.2, 0.25) is 0 Å². The van der Waals surface area contributed by atoms with Crippen LogP contribution in [-0.4, -0.2) is 40.2 Å². The van der Waals surface area contributed by atoms with Crippen molar-refractivity contribution in [3.8, 4) is 0 Å². The van der Waals surface area contributed by atoms with Crippen molar-refractivity contribution in [2.24, 2.45) is 0 Å². The van der Waals surface area contributed by atoms with Gasteiger partial charge in [0, 0.05) is 19.2 Å². The molecule has 0 radical (unpaired) electrons. The van der Waals surface area contributed by atoms with Crippen molar-refractivity contribution < 1.29 is 9.90 Å². The van der Waals surface area contributed by atoms with Gasteiger partial charge in [0.25, 0.3) is 0 Å². The summed E-state index contributed by atoms with van der Waals surface area (Å²) in [6.07, 6.45) is 0. The molecular formula is C12H20N4O2. The Morgan fingerprint density at radius 1 is 1.39 bits per heavy atom. The molecule has 1 aromatic heterocycles. The maximum atomic E-state index is 10.8. The molecule has 1 heterocycles. The van der Waals surface area contributed by atoms with Gasteiger partial charge in [0.2, 0.25) is 0 Å². The van der Waals surface area contributed by atoms with Gasteiger partial charge in [0.1, 0.15) is 23.5 Å². The van der Waals surface area contributed by atoms with Gasteiger partial charge >= 0.3 is 5.97 Å². The number of carboxylic acid groups (broad SMARTS) is 1. The lowest BCUT2D eigenvalue weighted by Crippen LogP contribution is -2.28. The molecule has 1 atom stereocenters. The van der Waals surface area contributed by atoms with Gasteiger partial charge in [0.15, 0.2) is 0 Å². The lowest BCUT2D eigenvalue weighted by molar-refractivity contribution is -0.137. The van der Waals surface area contributed by atoms with Crippen molar-refractivity contribution in [2.75, 3.05) is 17.3 Å². The minimum atomic E-state index is -0.912. The van der Waals surface area contributed by atoms with E-state index in [1.807, 2.05) is 11.9 Å². The Bertz CT molecular complexity index is 434. The fourth-order valence-electron chi connectivity index (χ4n) is 1.35. The van der Waals surface area contributed by atoms with Crippen molar-refractivity contribution >= 4 is 17.6 Å². The molecule has 2 N–H and O–H groups in total. The predicted octanol–water partition coefficient (Wildman–Crippen LogP) is 1.51. The molecule has 0 amide bonds. The van der Waals surface area contributed by atoms with Crippen LogP contribution in [0, 0.1) is 6.92 Å². The van der Waals surface area contributed by atoms with Crippen molar-refractivity contribution in [1.82, 2.24) is 9.97 Å². The predicted molar refractivity (Wildman–Crippen MR) is 71.0 cm³/mol. The number of aliphatic carboxylic acids is 1. The van der Waals surface area contributed by atoms with Gasteiger partial charge < -0.3 is 15.3 Å². The van der Waals surface area contributed by atoms with Crippen LogP contribution in [0.5, 0.6) is 0 Å². The Hall–Kier alpha value is -1.85. The zero-order chi connectivity index (χ0) is 13.9. The molecule has 6 nitrogen and oxygen atoms in total. The van der Waals surface area contributed by atoms with E-state index in [1.54, 1.807) is 19.9 Å². The van der Waals surface area contributed by atoms with E-state index in [9.17, 15) is 4.79 Å². The Labute approximate surface area is 107 Å². The molecule has 0 bridgehead atoms. The molecule has 0 saturated carbocycles. The zero-order valence-electron chi connectivity index (χ0n) is 11.4. The van der Waals surface area contributed by atoms with Gasteiger partial charge in [-0.2, -0.15) is 0 Å². The molecule has 1 unspecified atom stereocenters. The van der Waals surface area contributed by atoms with E-state index in [4.69, 9.17) is 5.11 Å². The topological polar surface area (TPSA) is 78.3 Å². The van der Waals surface area contributed by atoms with E-state index < -0.39 is 12.0 Å². The number of hydrogen-bond donors (Lipinski definition) is 2. The molecule has 1 aromatic rings. The fraction of sp³-hybridized carbons (Fsp3) is 0.583. The summed E-state index contributed by atoms with van der Waals surface area (Å²) in [6.45, 7) is 7.48. The van der Waals surface area contributed by atoms with E-state index >= 15 is 0 Å². The number of aryl methyl sites for hydroxylation is 1. The molecule has 0 aliphatic heterocycles. The number of carbonyl (C=O) groups is 1. The average Bonchev–Trinajstić information content (AvgIpc) is 2.26. The van der Waals surface area contributed by atoms with E-state index in [0.29, 0.717) is 17.7 Å². The minimum Gasteiger partial charge on any atom is -0.480 e. The Balaban J connectivity index is 2.97. The molecule has 0 aromatic carbocycles. The molecule has 0 aliphatic carbocycles. The summed E-state index contributed by atoms with van der Waals surface area (Å²) in [5.41, 5.74) is 0. The molecule has 0 aliphatic rings. The van der Waals surface area contributed by atoms with Crippen LogP contribution in [0.1, 0.15) is 26.6 Å². The molecule has 0 saturated heterocycles. The quantitative estimate of drug-likeness (QED) is 0.827. The SMILES string of the molecule is Cc1nc(NC(C)C(=O)O)cc(N(C)C(C)C)n1. The van der Waals surface area contributed by atoms with Crippen LogP contribution in [0.15, 0.2) is 6.07 Å². The second-order valence-electron chi connectivity index (χ2n) is 4.57. The number of rotatable bonds is 5. The van der Waals surface area contributed by atoms with Crippen LogP contribution < -0.4 is 10.2 Å². The third-order valence-electron chi connectivity index (χ3n) is 2.70. The minimum absolute atomic E-state index is 0.309. The average molecular weight is 252 g/mol. The number of hydrogen-bond acceptors (Lipinski definition) is 5.